The first-order chi connectivity index (χ1) is 15.9. The number of hydrogen-bond donors (Lipinski definition) is 1. The van der Waals surface area contributed by atoms with E-state index in [4.69, 9.17) is 17.5 Å². The summed E-state index contributed by atoms with van der Waals surface area (Å²) in [5, 5.41) is 0. The Hall–Kier alpha value is -1.16. The smallest absolute Gasteiger partial charge is 0.328 e. The summed E-state index contributed by atoms with van der Waals surface area (Å²) >= 11 is 0. The number of imide groups is 3. The second-order valence-electron chi connectivity index (χ2n) is 9.11. The summed E-state index contributed by atoms with van der Waals surface area (Å²) in [5.41, 5.74) is 0. The minimum absolute atomic E-state index is 0.196. The molecular formula is C25H49NO7S. The average molecular weight is 508 g/mol. The maximum atomic E-state index is 13.0. The van der Waals surface area contributed by atoms with Gasteiger partial charge in [-0.3, -0.25) is 4.55 Å². The molecule has 0 radical (unpaired) electrons. The van der Waals surface area contributed by atoms with E-state index in [1.165, 1.54) is 19.3 Å². The van der Waals surface area contributed by atoms with E-state index in [1.54, 1.807) is 7.05 Å². The zero-order chi connectivity index (χ0) is 26.5. The van der Waals surface area contributed by atoms with Gasteiger partial charge in [-0.15, -0.1) is 4.48 Å². The van der Waals surface area contributed by atoms with Crippen LogP contribution >= 0.6 is 0 Å². The zero-order valence-corrected chi connectivity index (χ0v) is 22.8. The Bertz CT molecular complexity index is 590. The van der Waals surface area contributed by atoms with Crippen molar-refractivity contribution in [3.63, 3.8) is 0 Å². The van der Waals surface area contributed by atoms with E-state index >= 15 is 0 Å². The predicted octanol–water partition coefficient (Wildman–Crippen LogP) is 6.10. The van der Waals surface area contributed by atoms with Gasteiger partial charge in [0.2, 0.25) is 10.4 Å². The lowest BCUT2D eigenvalue weighted by Crippen LogP contribution is -2.57. The molecule has 0 fully saturated rings. The number of nitrogens with zero attached hydrogens (tertiary/aromatic N) is 1. The van der Waals surface area contributed by atoms with Crippen LogP contribution in [-0.2, 0) is 24.8 Å². The molecule has 34 heavy (non-hydrogen) atoms. The quantitative estimate of drug-likeness (QED) is 0.103. The highest BCUT2D eigenvalue weighted by atomic mass is 32.3. The SMILES string of the molecule is CCCCCCCC(=O)[N+](C)(C(=O)CCCCCCC)C(=O)CCCCCCC.O=S(=O)([O-])O. The maximum absolute atomic E-state index is 13.0. The fourth-order valence-electron chi connectivity index (χ4n) is 3.73. The molecule has 0 aromatic carbocycles. The van der Waals surface area contributed by atoms with E-state index in [0.29, 0.717) is 19.3 Å². The summed E-state index contributed by atoms with van der Waals surface area (Å²) in [7, 11) is -3.35. The molecule has 0 heterocycles. The first-order valence-corrected chi connectivity index (χ1v) is 14.5. The maximum Gasteiger partial charge on any atom is 0.328 e. The van der Waals surface area contributed by atoms with Gasteiger partial charge in [0.1, 0.15) is 0 Å². The van der Waals surface area contributed by atoms with Gasteiger partial charge in [0, 0.05) is 0 Å². The van der Waals surface area contributed by atoms with E-state index in [-0.39, 0.29) is 17.7 Å². The third-order valence-corrected chi connectivity index (χ3v) is 5.98. The molecule has 0 aromatic rings. The third kappa shape index (κ3) is 19.2. The van der Waals surface area contributed by atoms with Crippen molar-refractivity contribution in [2.24, 2.45) is 0 Å². The molecule has 0 aliphatic rings. The van der Waals surface area contributed by atoms with E-state index in [2.05, 4.69) is 20.8 Å². The molecule has 0 spiro atoms. The number of unbranched alkanes of at least 4 members (excludes halogenated alkanes) is 12. The molecule has 3 amide bonds. The van der Waals surface area contributed by atoms with Gasteiger partial charge in [-0.1, -0.05) is 97.8 Å². The summed E-state index contributed by atoms with van der Waals surface area (Å²) in [6.45, 7) is 6.49. The molecule has 0 atom stereocenters. The minimum atomic E-state index is -4.92. The summed E-state index contributed by atoms with van der Waals surface area (Å²) in [5.74, 6) is -0.587. The third-order valence-electron chi connectivity index (χ3n) is 5.98. The van der Waals surface area contributed by atoms with Crippen molar-refractivity contribution in [2.45, 2.75) is 136 Å². The Morgan fingerprint density at radius 2 is 0.794 bits per heavy atom. The molecule has 0 unspecified atom stereocenters. The van der Waals surface area contributed by atoms with Crippen LogP contribution in [0.3, 0.4) is 0 Å². The fourth-order valence-corrected chi connectivity index (χ4v) is 3.73. The van der Waals surface area contributed by atoms with Crippen molar-refractivity contribution in [3.05, 3.63) is 0 Å². The first kappa shape index (κ1) is 35.0. The van der Waals surface area contributed by atoms with Crippen LogP contribution in [0.15, 0.2) is 0 Å². The Morgan fingerprint density at radius 3 is 1.00 bits per heavy atom. The van der Waals surface area contributed by atoms with Gasteiger partial charge in [0.25, 0.3) is 0 Å². The van der Waals surface area contributed by atoms with Crippen molar-refractivity contribution >= 4 is 28.1 Å². The molecule has 9 heteroatoms. The molecule has 0 bridgehead atoms. The summed E-state index contributed by atoms with van der Waals surface area (Å²) in [6.07, 6.45) is 16.7. The van der Waals surface area contributed by atoms with E-state index in [0.717, 1.165) is 77.0 Å². The first-order valence-electron chi connectivity index (χ1n) is 13.1. The highest BCUT2D eigenvalue weighted by Gasteiger charge is 2.45. The van der Waals surface area contributed by atoms with Crippen molar-refractivity contribution in [3.8, 4) is 0 Å². The number of amides is 3. The van der Waals surface area contributed by atoms with Crippen LogP contribution in [-0.4, -0.2) is 46.8 Å². The van der Waals surface area contributed by atoms with Gasteiger partial charge in [0.05, 0.1) is 26.3 Å². The van der Waals surface area contributed by atoms with Gasteiger partial charge in [-0.25, -0.2) is 22.8 Å². The summed E-state index contributed by atoms with van der Waals surface area (Å²) in [6, 6.07) is 0. The topological polar surface area (TPSA) is 129 Å². The normalized spacial score (nSPS) is 11.6. The van der Waals surface area contributed by atoms with E-state index < -0.39 is 14.9 Å². The van der Waals surface area contributed by atoms with Crippen LogP contribution in [0, 0.1) is 0 Å². The number of carbonyl (C=O) groups is 3. The Labute approximate surface area is 208 Å². The van der Waals surface area contributed by atoms with Crippen LogP contribution < -0.4 is 0 Å². The molecule has 0 saturated heterocycles. The Kier molecular flexibility index (Phi) is 21.8. The Balaban J connectivity index is 0. The van der Waals surface area contributed by atoms with Crippen molar-refractivity contribution in [2.75, 3.05) is 7.05 Å². The molecule has 0 rings (SSSR count). The van der Waals surface area contributed by atoms with Gasteiger partial charge in [-0.05, 0) is 19.3 Å². The monoisotopic (exact) mass is 507 g/mol. The lowest BCUT2D eigenvalue weighted by Gasteiger charge is -2.26. The lowest BCUT2D eigenvalue weighted by molar-refractivity contribution is -0.681. The summed E-state index contributed by atoms with van der Waals surface area (Å²) < 4.78 is 32.2. The second kappa shape index (κ2) is 21.1. The van der Waals surface area contributed by atoms with Gasteiger partial charge >= 0.3 is 17.7 Å². The zero-order valence-electron chi connectivity index (χ0n) is 22.0. The second-order valence-corrected chi connectivity index (χ2v) is 9.96. The van der Waals surface area contributed by atoms with Gasteiger partial charge in [0.15, 0.2) is 0 Å². The average Bonchev–Trinajstić information content (AvgIpc) is 2.76. The highest BCUT2D eigenvalue weighted by molar-refractivity contribution is 7.79. The van der Waals surface area contributed by atoms with Crippen molar-refractivity contribution in [1.29, 1.82) is 0 Å². The van der Waals surface area contributed by atoms with Crippen molar-refractivity contribution < 1.29 is 36.4 Å². The van der Waals surface area contributed by atoms with E-state index in [1.807, 2.05) is 0 Å². The van der Waals surface area contributed by atoms with Crippen LogP contribution in [0.4, 0.5) is 0 Å². The molecule has 0 aromatic heterocycles. The standard InChI is InChI=1S/C25H48NO3.H2O4S/c1-5-8-11-14-17-20-23(27)26(4,24(28)21-18-15-12-9-6-2)25(29)22-19-16-13-10-7-3;1-5(2,3)4/h5-22H2,1-4H3;(H2,1,2,3,4)/q+1;/p-1. The number of carbonyl (C=O) groups excluding carboxylic acids is 3. The summed E-state index contributed by atoms with van der Waals surface area (Å²) in [4.78, 5) is 38.9. The van der Waals surface area contributed by atoms with Gasteiger partial charge < -0.3 is 4.55 Å². The highest BCUT2D eigenvalue weighted by Crippen LogP contribution is 2.20. The van der Waals surface area contributed by atoms with E-state index in [9.17, 15) is 14.4 Å². The van der Waals surface area contributed by atoms with Crippen molar-refractivity contribution in [1.82, 2.24) is 0 Å². The number of rotatable bonds is 18. The molecule has 202 valence electrons. The number of hydrogen-bond acceptors (Lipinski definition) is 6. The fraction of sp³-hybridized carbons (Fsp3) is 0.880. The van der Waals surface area contributed by atoms with Crippen LogP contribution in [0.5, 0.6) is 0 Å². The van der Waals surface area contributed by atoms with Crippen LogP contribution in [0.1, 0.15) is 136 Å². The molecule has 0 saturated carbocycles. The Morgan fingerprint density at radius 1 is 0.588 bits per heavy atom. The van der Waals surface area contributed by atoms with Crippen LogP contribution in [0.25, 0.3) is 0 Å². The molecule has 8 nitrogen and oxygen atoms in total. The minimum Gasteiger partial charge on any atom is -0.726 e. The molecule has 0 aliphatic carbocycles. The molecular weight excluding hydrogens is 458 g/mol. The predicted molar refractivity (Wildman–Crippen MR) is 134 cm³/mol. The number of quaternary nitrogens is 1. The molecule has 1 N–H and O–H groups in total. The van der Waals surface area contributed by atoms with Crippen LogP contribution in [0.2, 0.25) is 0 Å². The van der Waals surface area contributed by atoms with Gasteiger partial charge in [-0.2, -0.15) is 0 Å². The lowest BCUT2D eigenvalue weighted by atomic mass is 10.1. The molecule has 0 aliphatic heterocycles. The largest absolute Gasteiger partial charge is 0.726 e.